The molecule has 18 heavy (non-hydrogen) atoms. The quantitative estimate of drug-likeness (QED) is 0.812. The van der Waals surface area contributed by atoms with E-state index < -0.39 is 0 Å². The number of fused-ring (bicyclic) bond motifs is 1. The van der Waals surface area contributed by atoms with E-state index in [1.807, 2.05) is 11.6 Å². The molecule has 3 heterocycles. The van der Waals surface area contributed by atoms with Gasteiger partial charge in [-0.15, -0.1) is 0 Å². The number of aromatic nitrogens is 4. The number of nitrogens with zero attached hydrogens (tertiary/aromatic N) is 4. The van der Waals surface area contributed by atoms with E-state index >= 15 is 0 Å². The van der Waals surface area contributed by atoms with Crippen molar-refractivity contribution in [2.24, 2.45) is 13.0 Å². The van der Waals surface area contributed by atoms with E-state index in [9.17, 15) is 4.79 Å². The van der Waals surface area contributed by atoms with Gasteiger partial charge in [-0.2, -0.15) is 5.10 Å². The molecule has 2 aromatic rings. The number of imidazole rings is 1. The average molecular weight is 247 g/mol. The van der Waals surface area contributed by atoms with Crippen LogP contribution in [0.4, 0.5) is 5.95 Å². The maximum absolute atomic E-state index is 11.8. The largest absolute Gasteiger partial charge is 0.342 e. The van der Waals surface area contributed by atoms with E-state index in [0.717, 1.165) is 25.0 Å². The molecular formula is C12H17N5O. The molecule has 1 fully saturated rings. The molecule has 0 saturated carbocycles. The zero-order valence-corrected chi connectivity index (χ0v) is 10.7. The van der Waals surface area contributed by atoms with Crippen molar-refractivity contribution in [1.82, 2.24) is 19.7 Å². The van der Waals surface area contributed by atoms with Gasteiger partial charge < -0.3 is 9.47 Å². The number of aromatic amines is 1. The summed E-state index contributed by atoms with van der Waals surface area (Å²) >= 11 is 0. The lowest BCUT2D eigenvalue weighted by molar-refractivity contribution is 0.433. The summed E-state index contributed by atoms with van der Waals surface area (Å²) in [6.45, 7) is 4.29. The molecule has 0 unspecified atom stereocenters. The van der Waals surface area contributed by atoms with Crippen LogP contribution in [0.5, 0.6) is 0 Å². The topological polar surface area (TPSA) is 66.8 Å². The van der Waals surface area contributed by atoms with Gasteiger partial charge in [0.2, 0.25) is 5.95 Å². The molecule has 0 amide bonds. The number of H-pyrrole nitrogens is 1. The molecule has 2 aromatic heterocycles. The van der Waals surface area contributed by atoms with Gasteiger partial charge in [0.25, 0.3) is 5.56 Å². The van der Waals surface area contributed by atoms with Gasteiger partial charge in [-0.25, -0.2) is 10.1 Å². The second-order valence-corrected chi connectivity index (χ2v) is 5.07. The maximum atomic E-state index is 11.8. The minimum Gasteiger partial charge on any atom is -0.342 e. The first-order chi connectivity index (χ1) is 8.66. The summed E-state index contributed by atoms with van der Waals surface area (Å²) in [5.41, 5.74) is 1.08. The molecular weight excluding hydrogens is 230 g/mol. The zero-order valence-electron chi connectivity index (χ0n) is 10.7. The number of aryl methyl sites for hydroxylation is 1. The van der Waals surface area contributed by atoms with Gasteiger partial charge in [0.05, 0.1) is 6.20 Å². The van der Waals surface area contributed by atoms with E-state index in [-0.39, 0.29) is 5.56 Å². The molecule has 6 heteroatoms. The van der Waals surface area contributed by atoms with Crippen LogP contribution in [0.15, 0.2) is 11.0 Å². The number of piperidine rings is 1. The summed E-state index contributed by atoms with van der Waals surface area (Å²) in [5.74, 6) is 1.65. The van der Waals surface area contributed by atoms with Crippen molar-refractivity contribution in [2.75, 3.05) is 18.0 Å². The predicted octanol–water partition coefficient (Wildman–Crippen LogP) is 0.893. The van der Waals surface area contributed by atoms with Gasteiger partial charge in [0, 0.05) is 20.1 Å². The standard InChI is InChI=1S/C12H17N5O/c1-8-3-5-17(6-4-8)12-14-9-7-13-15-11(18)10(9)16(12)2/h7-8H,3-6H2,1-2H3,(H,15,18). The third-order valence-corrected chi connectivity index (χ3v) is 3.73. The summed E-state index contributed by atoms with van der Waals surface area (Å²) in [6.07, 6.45) is 3.96. The van der Waals surface area contributed by atoms with Crippen LogP contribution in [-0.4, -0.2) is 32.8 Å². The number of hydrogen-bond acceptors (Lipinski definition) is 4. The Morgan fingerprint density at radius 1 is 1.39 bits per heavy atom. The van der Waals surface area contributed by atoms with Gasteiger partial charge in [0.15, 0.2) is 0 Å². The molecule has 6 nitrogen and oxygen atoms in total. The van der Waals surface area contributed by atoms with E-state index in [1.54, 1.807) is 6.20 Å². The van der Waals surface area contributed by atoms with E-state index in [1.165, 1.54) is 12.8 Å². The van der Waals surface area contributed by atoms with Gasteiger partial charge in [-0.3, -0.25) is 4.79 Å². The third-order valence-electron chi connectivity index (χ3n) is 3.73. The molecule has 0 spiro atoms. The Morgan fingerprint density at radius 3 is 2.78 bits per heavy atom. The summed E-state index contributed by atoms with van der Waals surface area (Å²) in [5, 5.41) is 6.25. The second kappa shape index (κ2) is 4.12. The molecule has 0 bridgehead atoms. The SMILES string of the molecule is CC1CCN(c2nc3cn[nH]c(=O)c3n2C)CC1. The first-order valence-electron chi connectivity index (χ1n) is 6.32. The van der Waals surface area contributed by atoms with Crippen molar-refractivity contribution in [1.29, 1.82) is 0 Å². The fraction of sp³-hybridized carbons (Fsp3) is 0.583. The van der Waals surface area contributed by atoms with Crippen LogP contribution in [0.3, 0.4) is 0 Å². The molecule has 0 atom stereocenters. The highest BCUT2D eigenvalue weighted by molar-refractivity contribution is 5.76. The summed E-state index contributed by atoms with van der Waals surface area (Å²) in [7, 11) is 1.89. The highest BCUT2D eigenvalue weighted by Crippen LogP contribution is 2.23. The molecule has 96 valence electrons. The Hall–Kier alpha value is -1.85. The second-order valence-electron chi connectivity index (χ2n) is 5.07. The Kier molecular flexibility index (Phi) is 2.57. The zero-order chi connectivity index (χ0) is 12.7. The van der Waals surface area contributed by atoms with Crippen molar-refractivity contribution in [3.8, 4) is 0 Å². The lowest BCUT2D eigenvalue weighted by atomic mass is 10.00. The summed E-state index contributed by atoms with van der Waals surface area (Å²) < 4.78 is 1.87. The highest BCUT2D eigenvalue weighted by Gasteiger charge is 2.21. The Morgan fingerprint density at radius 2 is 2.11 bits per heavy atom. The smallest absolute Gasteiger partial charge is 0.290 e. The maximum Gasteiger partial charge on any atom is 0.290 e. The number of rotatable bonds is 1. The Labute approximate surface area is 105 Å². The first-order valence-corrected chi connectivity index (χ1v) is 6.32. The third kappa shape index (κ3) is 1.68. The minimum absolute atomic E-state index is 0.181. The van der Waals surface area contributed by atoms with E-state index in [2.05, 4.69) is 27.0 Å². The molecule has 1 aliphatic heterocycles. The van der Waals surface area contributed by atoms with Crippen LogP contribution in [0.2, 0.25) is 0 Å². The molecule has 0 aliphatic carbocycles. The van der Waals surface area contributed by atoms with E-state index in [0.29, 0.717) is 11.0 Å². The van der Waals surface area contributed by atoms with Crippen molar-refractivity contribution in [3.63, 3.8) is 0 Å². The van der Waals surface area contributed by atoms with Gasteiger partial charge in [0.1, 0.15) is 11.0 Å². The van der Waals surface area contributed by atoms with Gasteiger partial charge >= 0.3 is 0 Å². The van der Waals surface area contributed by atoms with Crippen LogP contribution in [0, 0.1) is 5.92 Å². The monoisotopic (exact) mass is 247 g/mol. The fourth-order valence-corrected chi connectivity index (χ4v) is 2.56. The molecule has 3 rings (SSSR count). The molecule has 1 aliphatic rings. The van der Waals surface area contributed by atoms with Gasteiger partial charge in [-0.05, 0) is 18.8 Å². The average Bonchev–Trinajstić information content (AvgIpc) is 2.69. The lowest BCUT2D eigenvalue weighted by Crippen LogP contribution is -2.34. The van der Waals surface area contributed by atoms with Crippen molar-refractivity contribution in [3.05, 3.63) is 16.6 Å². The number of nitrogens with one attached hydrogen (secondary N) is 1. The molecule has 1 saturated heterocycles. The summed E-state index contributed by atoms with van der Waals surface area (Å²) in [4.78, 5) is 18.5. The van der Waals surface area contributed by atoms with Crippen LogP contribution >= 0.6 is 0 Å². The highest BCUT2D eigenvalue weighted by atomic mass is 16.1. The van der Waals surface area contributed by atoms with Crippen LogP contribution < -0.4 is 10.5 Å². The van der Waals surface area contributed by atoms with Gasteiger partial charge in [-0.1, -0.05) is 6.92 Å². The normalized spacial score (nSPS) is 17.6. The first kappa shape index (κ1) is 11.3. The van der Waals surface area contributed by atoms with Crippen LogP contribution in [-0.2, 0) is 7.05 Å². The van der Waals surface area contributed by atoms with Crippen LogP contribution in [0.1, 0.15) is 19.8 Å². The Bertz CT molecular complexity index is 621. The van der Waals surface area contributed by atoms with Crippen molar-refractivity contribution in [2.45, 2.75) is 19.8 Å². The summed E-state index contributed by atoms with van der Waals surface area (Å²) in [6, 6.07) is 0. The minimum atomic E-state index is -0.181. The molecule has 0 aromatic carbocycles. The Balaban J connectivity index is 2.05. The predicted molar refractivity (Wildman–Crippen MR) is 69.7 cm³/mol. The van der Waals surface area contributed by atoms with Crippen molar-refractivity contribution >= 4 is 17.0 Å². The fourth-order valence-electron chi connectivity index (χ4n) is 2.56. The van der Waals surface area contributed by atoms with Crippen LogP contribution in [0.25, 0.3) is 11.0 Å². The number of anilines is 1. The molecule has 1 N–H and O–H groups in total. The lowest BCUT2D eigenvalue weighted by Gasteiger charge is -2.30. The number of hydrogen-bond donors (Lipinski definition) is 1. The van der Waals surface area contributed by atoms with E-state index in [4.69, 9.17) is 0 Å². The van der Waals surface area contributed by atoms with Crippen molar-refractivity contribution < 1.29 is 0 Å². The molecule has 0 radical (unpaired) electrons.